The number of carbonyl (C=O) groups is 1. The van der Waals surface area contributed by atoms with Crippen LogP contribution >= 0.6 is 11.6 Å². The number of nitrogens with one attached hydrogen (secondary N) is 1. The Hall–Kier alpha value is -1.30. The summed E-state index contributed by atoms with van der Waals surface area (Å²) in [5, 5.41) is 21.3. The van der Waals surface area contributed by atoms with E-state index in [4.69, 9.17) is 26.6 Å². The summed E-state index contributed by atoms with van der Waals surface area (Å²) in [6.45, 7) is 2.41. The summed E-state index contributed by atoms with van der Waals surface area (Å²) in [4.78, 5) is 11.9. The third kappa shape index (κ3) is 4.70. The van der Waals surface area contributed by atoms with Crippen LogP contribution in [0.3, 0.4) is 0 Å². The van der Waals surface area contributed by atoms with E-state index in [9.17, 15) is 4.79 Å². The van der Waals surface area contributed by atoms with Gasteiger partial charge >= 0.3 is 0 Å². The monoisotopic (exact) mass is 287 g/mol. The highest BCUT2D eigenvalue weighted by atomic mass is 35.5. The summed E-state index contributed by atoms with van der Waals surface area (Å²) in [7, 11) is 0. The molecule has 0 bridgehead atoms. The molecule has 1 amide bonds. The lowest BCUT2D eigenvalue weighted by molar-refractivity contribution is -0.130. The molecule has 3 N–H and O–H groups in total. The zero-order valence-corrected chi connectivity index (χ0v) is 11.6. The average molecular weight is 288 g/mol. The fraction of sp³-hybridized carbons (Fsp3) is 0.462. The van der Waals surface area contributed by atoms with Gasteiger partial charge in [-0.15, -0.1) is 0 Å². The summed E-state index contributed by atoms with van der Waals surface area (Å²) in [6.07, 6.45) is -0.751. The van der Waals surface area contributed by atoms with Crippen LogP contribution in [0.4, 0.5) is 0 Å². The van der Waals surface area contributed by atoms with Crippen LogP contribution in [-0.4, -0.2) is 41.0 Å². The first-order valence-electron chi connectivity index (χ1n) is 5.86. The maximum atomic E-state index is 11.9. The van der Waals surface area contributed by atoms with Gasteiger partial charge in [0.2, 0.25) is 0 Å². The van der Waals surface area contributed by atoms with Gasteiger partial charge in [0.05, 0.1) is 18.8 Å². The number of amides is 1. The molecule has 19 heavy (non-hydrogen) atoms. The number of hydrogen-bond acceptors (Lipinski definition) is 4. The predicted octanol–water partition coefficient (Wildman–Crippen LogP) is 0.967. The average Bonchev–Trinajstić information content (AvgIpc) is 2.41. The van der Waals surface area contributed by atoms with E-state index in [0.29, 0.717) is 10.8 Å². The predicted molar refractivity (Wildman–Crippen MR) is 72.3 cm³/mol. The Balaban J connectivity index is 2.60. The Bertz CT molecular complexity index is 417. The van der Waals surface area contributed by atoms with Crippen molar-refractivity contribution in [1.82, 2.24) is 5.32 Å². The summed E-state index contributed by atoms with van der Waals surface area (Å²) in [5.74, 6) is 0.0994. The summed E-state index contributed by atoms with van der Waals surface area (Å²) >= 11 is 5.75. The van der Waals surface area contributed by atoms with Crippen LogP contribution < -0.4 is 10.1 Å². The highest BCUT2D eigenvalue weighted by Gasteiger charge is 2.27. The van der Waals surface area contributed by atoms with Gasteiger partial charge < -0.3 is 20.3 Å². The molecule has 0 heterocycles. The highest BCUT2D eigenvalue weighted by molar-refractivity contribution is 6.30. The zero-order valence-electron chi connectivity index (χ0n) is 10.9. The fourth-order valence-electron chi connectivity index (χ4n) is 1.30. The molecule has 1 aromatic rings. The molecule has 106 valence electrons. The number of aliphatic hydroxyl groups excluding tert-OH is 2. The van der Waals surface area contributed by atoms with Crippen molar-refractivity contribution < 1.29 is 19.7 Å². The molecule has 6 heteroatoms. The van der Waals surface area contributed by atoms with E-state index in [1.165, 1.54) is 0 Å². The summed E-state index contributed by atoms with van der Waals surface area (Å²) in [5.41, 5.74) is -1.06. The molecule has 0 spiro atoms. The minimum absolute atomic E-state index is 0.358. The Morgan fingerprint density at radius 2 is 1.89 bits per heavy atom. The number of aliphatic hydroxyl groups is 2. The van der Waals surface area contributed by atoms with Gasteiger partial charge in [0.25, 0.3) is 5.91 Å². The molecule has 1 unspecified atom stereocenters. The lowest BCUT2D eigenvalue weighted by Gasteiger charge is -2.27. The van der Waals surface area contributed by atoms with E-state index >= 15 is 0 Å². The Morgan fingerprint density at radius 3 is 2.37 bits per heavy atom. The Labute approximate surface area is 117 Å². The van der Waals surface area contributed by atoms with E-state index < -0.39 is 17.6 Å². The molecule has 0 saturated carbocycles. The van der Waals surface area contributed by atoms with Crippen LogP contribution in [0.1, 0.15) is 13.8 Å². The molecule has 0 aliphatic carbocycles. The van der Waals surface area contributed by atoms with Crippen molar-refractivity contribution in [2.45, 2.75) is 25.5 Å². The molecule has 1 atom stereocenters. The van der Waals surface area contributed by atoms with Gasteiger partial charge in [-0.1, -0.05) is 11.6 Å². The molecule has 0 aromatic heterocycles. The quantitative estimate of drug-likeness (QED) is 0.728. The van der Waals surface area contributed by atoms with Crippen molar-refractivity contribution in [3.63, 3.8) is 0 Å². The first-order valence-corrected chi connectivity index (χ1v) is 6.24. The van der Waals surface area contributed by atoms with Crippen molar-refractivity contribution >= 4 is 17.5 Å². The van der Waals surface area contributed by atoms with Gasteiger partial charge in [0.15, 0.2) is 6.10 Å². The second kappa shape index (κ2) is 6.75. The Morgan fingerprint density at radius 1 is 1.37 bits per heavy atom. The minimum atomic E-state index is -1.06. The molecule has 1 aromatic carbocycles. The van der Waals surface area contributed by atoms with E-state index in [-0.39, 0.29) is 13.2 Å². The van der Waals surface area contributed by atoms with Gasteiger partial charge in [-0.25, -0.2) is 0 Å². The first kappa shape index (κ1) is 15.8. The zero-order chi connectivity index (χ0) is 14.5. The third-order valence-corrected chi connectivity index (χ3v) is 2.87. The van der Waals surface area contributed by atoms with Crippen molar-refractivity contribution in [2.24, 2.45) is 0 Å². The van der Waals surface area contributed by atoms with E-state index in [1.807, 2.05) is 0 Å². The second-order valence-electron chi connectivity index (χ2n) is 4.58. The highest BCUT2D eigenvalue weighted by Crippen LogP contribution is 2.17. The molecule has 0 aliphatic heterocycles. The maximum Gasteiger partial charge on any atom is 0.261 e. The van der Waals surface area contributed by atoms with Crippen molar-refractivity contribution in [3.05, 3.63) is 29.3 Å². The number of rotatable bonds is 6. The van der Waals surface area contributed by atoms with Gasteiger partial charge in [0, 0.05) is 5.02 Å². The maximum absolute atomic E-state index is 11.9. The molecule has 5 nitrogen and oxygen atoms in total. The molecular weight excluding hydrogens is 270 g/mol. The largest absolute Gasteiger partial charge is 0.481 e. The van der Waals surface area contributed by atoms with Gasteiger partial charge in [0.1, 0.15) is 5.75 Å². The topological polar surface area (TPSA) is 78.8 Å². The van der Waals surface area contributed by atoms with Gasteiger partial charge in [-0.3, -0.25) is 4.79 Å². The molecule has 0 saturated heterocycles. The number of carbonyl (C=O) groups excluding carboxylic acids is 1. The lowest BCUT2D eigenvalue weighted by atomic mass is 10.1. The van der Waals surface area contributed by atoms with E-state index in [1.54, 1.807) is 38.1 Å². The van der Waals surface area contributed by atoms with Crippen LogP contribution in [0.25, 0.3) is 0 Å². The molecule has 0 fully saturated rings. The molecule has 0 radical (unpaired) electrons. The smallest absolute Gasteiger partial charge is 0.261 e. The Kier molecular flexibility index (Phi) is 5.60. The minimum Gasteiger partial charge on any atom is -0.481 e. The normalized spacial score (nSPS) is 12.9. The van der Waals surface area contributed by atoms with E-state index in [2.05, 4.69) is 5.32 Å². The lowest BCUT2D eigenvalue weighted by Crippen LogP contribution is -2.54. The van der Waals surface area contributed by atoms with Crippen LogP contribution in [-0.2, 0) is 4.79 Å². The second-order valence-corrected chi connectivity index (χ2v) is 5.02. The fourth-order valence-corrected chi connectivity index (χ4v) is 1.42. The summed E-state index contributed by atoms with van der Waals surface area (Å²) < 4.78 is 5.43. The number of benzene rings is 1. The van der Waals surface area contributed by atoms with Crippen LogP contribution in [0, 0.1) is 0 Å². The number of hydrogen-bond donors (Lipinski definition) is 3. The number of ether oxygens (including phenoxy) is 1. The molecular formula is C13H18ClNO4. The van der Waals surface area contributed by atoms with Crippen LogP contribution in [0.15, 0.2) is 24.3 Å². The van der Waals surface area contributed by atoms with Crippen molar-refractivity contribution in [2.75, 3.05) is 13.2 Å². The van der Waals surface area contributed by atoms with Crippen molar-refractivity contribution in [1.29, 1.82) is 0 Å². The van der Waals surface area contributed by atoms with E-state index in [0.717, 1.165) is 0 Å². The van der Waals surface area contributed by atoms with Gasteiger partial charge in [-0.05, 0) is 38.1 Å². The summed E-state index contributed by atoms with van der Waals surface area (Å²) in [6, 6.07) is 6.63. The standard InChI is InChI=1S/C13H18ClNO4/c1-9(12(18)15-13(2,7-16)8-17)19-11-5-3-10(14)4-6-11/h3-6,9,16-17H,7-8H2,1-2H3,(H,15,18). The van der Waals surface area contributed by atoms with Crippen LogP contribution in [0.2, 0.25) is 5.02 Å². The SMILES string of the molecule is CC(Oc1ccc(Cl)cc1)C(=O)NC(C)(CO)CO. The molecule has 0 aliphatic rings. The first-order chi connectivity index (χ1) is 8.90. The third-order valence-electron chi connectivity index (χ3n) is 2.62. The molecule has 1 rings (SSSR count). The van der Waals surface area contributed by atoms with Gasteiger partial charge in [-0.2, -0.15) is 0 Å². The number of halogens is 1. The van der Waals surface area contributed by atoms with Crippen LogP contribution in [0.5, 0.6) is 5.75 Å². The van der Waals surface area contributed by atoms with Crippen molar-refractivity contribution in [3.8, 4) is 5.75 Å².